The molecule has 26 heavy (non-hydrogen) atoms. The Labute approximate surface area is 157 Å². The molecule has 1 aromatic heterocycles. The topological polar surface area (TPSA) is 39.1 Å². The number of nitrogens with zero attached hydrogens (tertiary/aromatic N) is 2. The zero-order valence-electron chi connectivity index (χ0n) is 14.9. The standard InChI is InChI=1S/C19H24ClF2N3O/c1-23-10-17-18(20)19(25(24-17)11-13-5-3-2-4-6-13)26-12-14-9-15(21)7-8-16(14)22/h7-9,13,23H,2-6,10-12H2,1H3. The normalized spacial score (nSPS) is 15.4. The summed E-state index contributed by atoms with van der Waals surface area (Å²) in [6.07, 6.45) is 6.07. The Morgan fingerprint density at radius 1 is 1.27 bits per heavy atom. The van der Waals surface area contributed by atoms with Crippen molar-refractivity contribution in [3.8, 4) is 5.88 Å². The summed E-state index contributed by atoms with van der Waals surface area (Å²) in [5.41, 5.74) is 0.848. The van der Waals surface area contributed by atoms with Gasteiger partial charge in [0.2, 0.25) is 5.88 Å². The summed E-state index contributed by atoms with van der Waals surface area (Å²) < 4.78 is 34.8. The second-order valence-electron chi connectivity index (χ2n) is 6.81. The van der Waals surface area contributed by atoms with Crippen molar-refractivity contribution in [2.45, 2.75) is 51.8 Å². The third-order valence-corrected chi connectivity index (χ3v) is 5.17. The number of nitrogens with one attached hydrogen (secondary N) is 1. The minimum absolute atomic E-state index is 0.0985. The molecule has 0 amide bonds. The van der Waals surface area contributed by atoms with E-state index in [1.165, 1.54) is 19.3 Å². The Balaban J connectivity index is 1.80. The van der Waals surface area contributed by atoms with Gasteiger partial charge in [-0.25, -0.2) is 13.5 Å². The van der Waals surface area contributed by atoms with Gasteiger partial charge in [-0.05, 0) is 44.0 Å². The van der Waals surface area contributed by atoms with Crippen molar-refractivity contribution in [2.75, 3.05) is 7.05 Å². The van der Waals surface area contributed by atoms with E-state index in [0.29, 0.717) is 29.1 Å². The van der Waals surface area contributed by atoms with Crippen LogP contribution >= 0.6 is 11.6 Å². The Morgan fingerprint density at radius 3 is 2.77 bits per heavy atom. The highest BCUT2D eigenvalue weighted by Crippen LogP contribution is 2.32. The lowest BCUT2D eigenvalue weighted by molar-refractivity contribution is 0.242. The van der Waals surface area contributed by atoms with E-state index in [0.717, 1.165) is 37.6 Å². The molecule has 1 aliphatic rings. The van der Waals surface area contributed by atoms with Crippen LogP contribution in [0.1, 0.15) is 43.4 Å². The first-order chi connectivity index (χ1) is 12.6. The Bertz CT molecular complexity index is 745. The van der Waals surface area contributed by atoms with Crippen LogP contribution in [0.2, 0.25) is 5.02 Å². The molecule has 0 spiro atoms. The lowest BCUT2D eigenvalue weighted by Gasteiger charge is -2.22. The van der Waals surface area contributed by atoms with E-state index < -0.39 is 11.6 Å². The number of benzene rings is 1. The summed E-state index contributed by atoms with van der Waals surface area (Å²) >= 11 is 6.45. The first-order valence-corrected chi connectivity index (χ1v) is 9.42. The van der Waals surface area contributed by atoms with Crippen LogP contribution in [0, 0.1) is 17.6 Å². The minimum Gasteiger partial charge on any atom is -0.472 e. The molecule has 1 saturated carbocycles. The quantitative estimate of drug-likeness (QED) is 0.753. The summed E-state index contributed by atoms with van der Waals surface area (Å²) in [6, 6.07) is 3.32. The highest BCUT2D eigenvalue weighted by Gasteiger charge is 2.22. The van der Waals surface area contributed by atoms with Crippen LogP contribution in [0.5, 0.6) is 5.88 Å². The highest BCUT2D eigenvalue weighted by atomic mass is 35.5. The van der Waals surface area contributed by atoms with Crippen molar-refractivity contribution in [1.82, 2.24) is 15.1 Å². The molecule has 1 fully saturated rings. The number of halogens is 3. The van der Waals surface area contributed by atoms with Gasteiger partial charge in [0, 0.05) is 18.7 Å². The summed E-state index contributed by atoms with van der Waals surface area (Å²) in [7, 11) is 1.82. The number of ether oxygens (including phenoxy) is 1. The van der Waals surface area contributed by atoms with Crippen molar-refractivity contribution in [1.29, 1.82) is 0 Å². The predicted octanol–water partition coefficient (Wildman–Crippen LogP) is 4.69. The lowest BCUT2D eigenvalue weighted by Crippen LogP contribution is -2.17. The zero-order valence-corrected chi connectivity index (χ0v) is 15.7. The van der Waals surface area contributed by atoms with Gasteiger partial charge in [0.05, 0.1) is 5.69 Å². The number of aromatic nitrogens is 2. The van der Waals surface area contributed by atoms with Gasteiger partial charge in [-0.15, -0.1) is 0 Å². The molecule has 0 radical (unpaired) electrons. The monoisotopic (exact) mass is 383 g/mol. The van der Waals surface area contributed by atoms with Gasteiger partial charge < -0.3 is 10.1 Å². The molecule has 142 valence electrons. The number of hydrogen-bond donors (Lipinski definition) is 1. The highest BCUT2D eigenvalue weighted by molar-refractivity contribution is 6.32. The lowest BCUT2D eigenvalue weighted by atomic mass is 9.89. The maximum atomic E-state index is 13.9. The van der Waals surface area contributed by atoms with Crippen LogP contribution in [-0.2, 0) is 19.7 Å². The van der Waals surface area contributed by atoms with Crippen LogP contribution < -0.4 is 10.1 Å². The molecular formula is C19H24ClF2N3O. The maximum Gasteiger partial charge on any atom is 0.231 e. The fourth-order valence-corrected chi connectivity index (χ4v) is 3.68. The molecule has 7 heteroatoms. The first-order valence-electron chi connectivity index (χ1n) is 9.05. The molecule has 1 aromatic carbocycles. The van der Waals surface area contributed by atoms with Gasteiger partial charge in [0.1, 0.15) is 23.3 Å². The SMILES string of the molecule is CNCc1nn(CC2CCCCC2)c(OCc2cc(F)ccc2F)c1Cl. The largest absolute Gasteiger partial charge is 0.472 e. The van der Waals surface area contributed by atoms with Gasteiger partial charge in [0.15, 0.2) is 0 Å². The first kappa shape index (κ1) is 19.1. The average molecular weight is 384 g/mol. The number of hydrogen-bond acceptors (Lipinski definition) is 3. The molecule has 0 atom stereocenters. The summed E-state index contributed by atoms with van der Waals surface area (Å²) in [5, 5.41) is 8.03. The molecule has 1 N–H and O–H groups in total. The van der Waals surface area contributed by atoms with Crippen molar-refractivity contribution >= 4 is 11.6 Å². The van der Waals surface area contributed by atoms with E-state index in [4.69, 9.17) is 16.3 Å². The molecule has 3 rings (SSSR count). The fourth-order valence-electron chi connectivity index (χ4n) is 3.43. The van der Waals surface area contributed by atoms with Crippen molar-refractivity contribution in [3.05, 3.63) is 46.1 Å². The summed E-state index contributed by atoms with van der Waals surface area (Å²) in [5.74, 6) is -0.0411. The van der Waals surface area contributed by atoms with Gasteiger partial charge in [-0.2, -0.15) is 5.10 Å². The van der Waals surface area contributed by atoms with E-state index in [-0.39, 0.29) is 12.2 Å². The Kier molecular flexibility index (Phi) is 6.48. The third kappa shape index (κ3) is 4.54. The van der Waals surface area contributed by atoms with E-state index in [1.54, 1.807) is 4.68 Å². The van der Waals surface area contributed by atoms with E-state index in [2.05, 4.69) is 10.4 Å². The molecule has 1 heterocycles. The fraction of sp³-hybridized carbons (Fsp3) is 0.526. The molecule has 0 saturated heterocycles. The van der Waals surface area contributed by atoms with Crippen LogP contribution in [0.15, 0.2) is 18.2 Å². The van der Waals surface area contributed by atoms with Gasteiger partial charge in [-0.1, -0.05) is 30.9 Å². The van der Waals surface area contributed by atoms with E-state index >= 15 is 0 Å². The molecule has 1 aliphatic carbocycles. The van der Waals surface area contributed by atoms with Gasteiger partial charge >= 0.3 is 0 Å². The number of rotatable bonds is 7. The molecule has 0 unspecified atom stereocenters. The van der Waals surface area contributed by atoms with Crippen LogP contribution in [0.25, 0.3) is 0 Å². The van der Waals surface area contributed by atoms with Crippen molar-refractivity contribution in [2.24, 2.45) is 5.92 Å². The molecule has 0 aliphatic heterocycles. The van der Waals surface area contributed by atoms with Gasteiger partial charge in [0.25, 0.3) is 0 Å². The summed E-state index contributed by atoms with van der Waals surface area (Å²) in [4.78, 5) is 0. The average Bonchev–Trinajstić information content (AvgIpc) is 2.92. The van der Waals surface area contributed by atoms with Crippen LogP contribution in [-0.4, -0.2) is 16.8 Å². The predicted molar refractivity (Wildman–Crippen MR) is 97.3 cm³/mol. The maximum absolute atomic E-state index is 13.9. The van der Waals surface area contributed by atoms with Crippen molar-refractivity contribution in [3.63, 3.8) is 0 Å². The minimum atomic E-state index is -0.503. The Hall–Kier alpha value is -1.66. The van der Waals surface area contributed by atoms with E-state index in [1.807, 2.05) is 7.05 Å². The summed E-state index contributed by atoms with van der Waals surface area (Å²) in [6.45, 7) is 1.14. The second kappa shape index (κ2) is 8.82. The molecule has 2 aromatic rings. The van der Waals surface area contributed by atoms with E-state index in [9.17, 15) is 8.78 Å². The van der Waals surface area contributed by atoms with Crippen molar-refractivity contribution < 1.29 is 13.5 Å². The smallest absolute Gasteiger partial charge is 0.231 e. The molecular weight excluding hydrogens is 360 g/mol. The Morgan fingerprint density at radius 2 is 2.04 bits per heavy atom. The van der Waals surface area contributed by atoms with Gasteiger partial charge in [-0.3, -0.25) is 0 Å². The molecule has 0 bridgehead atoms. The second-order valence-corrected chi connectivity index (χ2v) is 7.18. The third-order valence-electron chi connectivity index (χ3n) is 4.79. The molecule has 4 nitrogen and oxygen atoms in total. The zero-order chi connectivity index (χ0) is 18.5. The van der Waals surface area contributed by atoms with Crippen LogP contribution in [0.4, 0.5) is 8.78 Å². The van der Waals surface area contributed by atoms with Crippen LogP contribution in [0.3, 0.4) is 0 Å².